The van der Waals surface area contributed by atoms with Gasteiger partial charge in [-0.3, -0.25) is 14.9 Å². The number of benzene rings is 1. The lowest BCUT2D eigenvalue weighted by Gasteiger charge is -2.18. The molecule has 0 spiro atoms. The van der Waals surface area contributed by atoms with Gasteiger partial charge < -0.3 is 5.32 Å². The Hall–Kier alpha value is -3.02. The molecule has 0 saturated carbocycles. The summed E-state index contributed by atoms with van der Waals surface area (Å²) in [6.07, 6.45) is 4.13. The minimum absolute atomic E-state index is 0.0111. The van der Waals surface area contributed by atoms with Gasteiger partial charge in [0.1, 0.15) is 5.82 Å². The van der Waals surface area contributed by atoms with E-state index in [9.17, 15) is 4.79 Å². The van der Waals surface area contributed by atoms with Crippen LogP contribution in [0.5, 0.6) is 0 Å². The second kappa shape index (κ2) is 7.70. The van der Waals surface area contributed by atoms with Crippen molar-refractivity contribution >= 4 is 5.91 Å². The molecule has 1 aromatic carbocycles. The number of carbonyl (C=O) groups is 1. The number of nitrogens with zero attached hydrogens (tertiary/aromatic N) is 3. The number of H-pyrrole nitrogens is 1. The molecule has 3 rings (SSSR count). The number of hydrogen-bond donors (Lipinski definition) is 2. The third-order valence-electron chi connectivity index (χ3n) is 4.14. The van der Waals surface area contributed by atoms with Crippen LogP contribution in [0.25, 0.3) is 11.4 Å². The zero-order valence-electron chi connectivity index (χ0n) is 14.3. The Bertz CT molecular complexity index is 816. The Kier molecular flexibility index (Phi) is 5.18. The van der Waals surface area contributed by atoms with Gasteiger partial charge in [-0.15, -0.1) is 0 Å². The first-order valence-corrected chi connectivity index (χ1v) is 8.37. The second-order valence-electron chi connectivity index (χ2n) is 5.88. The summed E-state index contributed by atoms with van der Waals surface area (Å²) in [5.41, 5.74) is 1.90. The summed E-state index contributed by atoms with van der Waals surface area (Å²) >= 11 is 0. The maximum Gasteiger partial charge on any atom is 0.228 e. The highest BCUT2D eigenvalue weighted by atomic mass is 16.1. The van der Waals surface area contributed by atoms with E-state index in [-0.39, 0.29) is 17.9 Å². The quantitative estimate of drug-likeness (QED) is 0.724. The van der Waals surface area contributed by atoms with Gasteiger partial charge in [-0.1, -0.05) is 37.3 Å². The van der Waals surface area contributed by atoms with E-state index in [0.29, 0.717) is 11.6 Å². The van der Waals surface area contributed by atoms with Crippen molar-refractivity contribution in [3.05, 3.63) is 66.2 Å². The third-order valence-corrected chi connectivity index (χ3v) is 4.14. The minimum atomic E-state index is -0.256. The number of pyridine rings is 1. The first kappa shape index (κ1) is 16.8. The van der Waals surface area contributed by atoms with E-state index in [1.54, 1.807) is 12.4 Å². The van der Waals surface area contributed by atoms with E-state index in [2.05, 4.69) is 25.5 Å². The lowest BCUT2D eigenvalue weighted by atomic mass is 9.95. The number of aromatic nitrogens is 4. The first-order valence-electron chi connectivity index (χ1n) is 8.37. The Morgan fingerprint density at radius 2 is 1.88 bits per heavy atom. The summed E-state index contributed by atoms with van der Waals surface area (Å²) in [6, 6.07) is 13.2. The van der Waals surface area contributed by atoms with Crippen molar-refractivity contribution in [1.29, 1.82) is 0 Å². The molecule has 128 valence electrons. The van der Waals surface area contributed by atoms with Crippen molar-refractivity contribution in [2.24, 2.45) is 0 Å². The number of amides is 1. The van der Waals surface area contributed by atoms with Crippen LogP contribution in [0.4, 0.5) is 0 Å². The van der Waals surface area contributed by atoms with Crippen LogP contribution in [-0.2, 0) is 4.79 Å². The summed E-state index contributed by atoms with van der Waals surface area (Å²) < 4.78 is 0. The van der Waals surface area contributed by atoms with Crippen LogP contribution in [0.2, 0.25) is 0 Å². The number of hydrogen-bond acceptors (Lipinski definition) is 4. The summed E-state index contributed by atoms with van der Waals surface area (Å²) in [4.78, 5) is 21.1. The van der Waals surface area contributed by atoms with Crippen LogP contribution in [0.1, 0.15) is 43.6 Å². The standard InChI is InChI=1S/C19H21N5O/c1-3-16(14-7-5-4-6-8-14)19(25)21-13(2)17-22-18(24-23-17)15-9-11-20-12-10-15/h4-13,16H,3H2,1-2H3,(H,21,25)(H,22,23,24)/t13-,16+/m0/s1. The van der Waals surface area contributed by atoms with E-state index < -0.39 is 0 Å². The Morgan fingerprint density at radius 3 is 2.56 bits per heavy atom. The van der Waals surface area contributed by atoms with Crippen molar-refractivity contribution in [3.63, 3.8) is 0 Å². The van der Waals surface area contributed by atoms with Crippen molar-refractivity contribution < 1.29 is 4.79 Å². The second-order valence-corrected chi connectivity index (χ2v) is 5.88. The van der Waals surface area contributed by atoms with Crippen molar-refractivity contribution in [2.45, 2.75) is 32.2 Å². The van der Waals surface area contributed by atoms with Crippen LogP contribution in [0.3, 0.4) is 0 Å². The highest BCUT2D eigenvalue weighted by Crippen LogP contribution is 2.21. The molecule has 0 bridgehead atoms. The number of aromatic amines is 1. The maximum absolute atomic E-state index is 12.7. The molecular weight excluding hydrogens is 314 g/mol. The predicted octanol–water partition coefficient (Wildman–Crippen LogP) is 3.24. The summed E-state index contributed by atoms with van der Waals surface area (Å²) in [5, 5.41) is 10.2. The number of carbonyl (C=O) groups excluding carboxylic acids is 1. The van der Waals surface area contributed by atoms with Gasteiger partial charge in [0.2, 0.25) is 5.91 Å². The summed E-state index contributed by atoms with van der Waals surface area (Å²) in [5.74, 6) is 1.03. The number of nitrogens with one attached hydrogen (secondary N) is 2. The molecular formula is C19H21N5O. The molecule has 0 aliphatic heterocycles. The molecule has 2 aromatic heterocycles. The maximum atomic E-state index is 12.7. The average molecular weight is 335 g/mol. The van der Waals surface area contributed by atoms with E-state index >= 15 is 0 Å². The Balaban J connectivity index is 1.70. The molecule has 2 heterocycles. The molecule has 3 aromatic rings. The fraction of sp³-hybridized carbons (Fsp3) is 0.263. The Morgan fingerprint density at radius 1 is 1.16 bits per heavy atom. The van der Waals surface area contributed by atoms with Gasteiger partial charge in [-0.25, -0.2) is 4.98 Å². The van der Waals surface area contributed by atoms with Gasteiger partial charge in [0.05, 0.1) is 12.0 Å². The van der Waals surface area contributed by atoms with Crippen LogP contribution < -0.4 is 5.32 Å². The molecule has 6 nitrogen and oxygen atoms in total. The van der Waals surface area contributed by atoms with Gasteiger partial charge in [0.15, 0.2) is 5.82 Å². The van der Waals surface area contributed by atoms with Gasteiger partial charge >= 0.3 is 0 Å². The molecule has 0 unspecified atom stereocenters. The monoisotopic (exact) mass is 335 g/mol. The highest BCUT2D eigenvalue weighted by Gasteiger charge is 2.22. The average Bonchev–Trinajstić information content (AvgIpc) is 3.14. The van der Waals surface area contributed by atoms with Crippen molar-refractivity contribution in [3.8, 4) is 11.4 Å². The molecule has 0 fully saturated rings. The fourth-order valence-electron chi connectivity index (χ4n) is 2.74. The van der Waals surface area contributed by atoms with Crippen LogP contribution in [0, 0.1) is 0 Å². The van der Waals surface area contributed by atoms with Crippen molar-refractivity contribution in [2.75, 3.05) is 0 Å². The molecule has 0 aliphatic rings. The van der Waals surface area contributed by atoms with E-state index in [1.807, 2.05) is 56.3 Å². The Labute approximate surface area is 146 Å². The lowest BCUT2D eigenvalue weighted by molar-refractivity contribution is -0.123. The molecule has 2 atom stereocenters. The topological polar surface area (TPSA) is 83.6 Å². The molecule has 2 N–H and O–H groups in total. The van der Waals surface area contributed by atoms with Gasteiger partial charge in [0.25, 0.3) is 0 Å². The molecule has 1 amide bonds. The predicted molar refractivity (Wildman–Crippen MR) is 95.6 cm³/mol. The molecule has 6 heteroatoms. The SMILES string of the molecule is CC[C@@H](C(=O)N[C@@H](C)c1nc(-c2ccncc2)n[nH]1)c1ccccc1. The van der Waals surface area contributed by atoms with Gasteiger partial charge in [-0.05, 0) is 31.0 Å². The lowest BCUT2D eigenvalue weighted by Crippen LogP contribution is -2.32. The zero-order chi connectivity index (χ0) is 17.6. The molecule has 0 saturated heterocycles. The third kappa shape index (κ3) is 3.91. The first-order chi connectivity index (χ1) is 12.2. The summed E-state index contributed by atoms with van der Waals surface area (Å²) in [6.45, 7) is 3.91. The van der Waals surface area contributed by atoms with Crippen molar-refractivity contribution in [1.82, 2.24) is 25.5 Å². The van der Waals surface area contributed by atoms with E-state index in [4.69, 9.17) is 0 Å². The van der Waals surface area contributed by atoms with Crippen LogP contribution >= 0.6 is 0 Å². The van der Waals surface area contributed by atoms with Crippen LogP contribution in [-0.4, -0.2) is 26.1 Å². The zero-order valence-corrected chi connectivity index (χ0v) is 14.3. The van der Waals surface area contributed by atoms with Gasteiger partial charge in [-0.2, -0.15) is 5.10 Å². The van der Waals surface area contributed by atoms with Crippen LogP contribution in [0.15, 0.2) is 54.9 Å². The molecule has 0 aliphatic carbocycles. The molecule has 25 heavy (non-hydrogen) atoms. The van der Waals surface area contributed by atoms with E-state index in [1.165, 1.54) is 0 Å². The van der Waals surface area contributed by atoms with E-state index in [0.717, 1.165) is 17.5 Å². The summed E-state index contributed by atoms with van der Waals surface area (Å²) in [7, 11) is 0. The smallest absolute Gasteiger partial charge is 0.228 e. The highest BCUT2D eigenvalue weighted by molar-refractivity contribution is 5.83. The fourth-order valence-corrected chi connectivity index (χ4v) is 2.74. The minimum Gasteiger partial charge on any atom is -0.346 e. The van der Waals surface area contributed by atoms with Gasteiger partial charge in [0, 0.05) is 18.0 Å². The normalized spacial score (nSPS) is 13.2. The number of rotatable bonds is 6. The molecule has 0 radical (unpaired) electrons. The largest absolute Gasteiger partial charge is 0.346 e.